The summed E-state index contributed by atoms with van der Waals surface area (Å²) in [6.45, 7) is 13.3. The van der Waals surface area contributed by atoms with Crippen LogP contribution in [0.15, 0.2) is 12.1 Å². The minimum absolute atomic E-state index is 0.0387. The van der Waals surface area contributed by atoms with Crippen molar-refractivity contribution in [2.75, 3.05) is 31.1 Å². The van der Waals surface area contributed by atoms with Crippen LogP contribution in [0.1, 0.15) is 37.6 Å². The van der Waals surface area contributed by atoms with Gasteiger partial charge in [-0.05, 0) is 36.7 Å². The first kappa shape index (κ1) is 20.0. The summed E-state index contributed by atoms with van der Waals surface area (Å²) in [5, 5.41) is 0.196. The lowest BCUT2D eigenvalue weighted by atomic mass is 10.1. The van der Waals surface area contributed by atoms with Gasteiger partial charge in [0.1, 0.15) is 5.82 Å². The summed E-state index contributed by atoms with van der Waals surface area (Å²) in [4.78, 5) is 17.6. The van der Waals surface area contributed by atoms with Crippen LogP contribution in [-0.2, 0) is 4.43 Å². The van der Waals surface area contributed by atoms with Gasteiger partial charge in [-0.1, -0.05) is 20.8 Å². The van der Waals surface area contributed by atoms with E-state index >= 15 is 0 Å². The van der Waals surface area contributed by atoms with Crippen LogP contribution in [0.4, 0.5) is 10.2 Å². The number of pyridine rings is 1. The molecule has 1 saturated heterocycles. The average molecular weight is 368 g/mol. The van der Waals surface area contributed by atoms with Gasteiger partial charge in [0.2, 0.25) is 5.95 Å². The number of anilines is 1. The molecule has 0 spiro atoms. The highest BCUT2D eigenvalue weighted by atomic mass is 28.4. The first-order chi connectivity index (χ1) is 11.5. The van der Waals surface area contributed by atoms with Gasteiger partial charge in [-0.2, -0.15) is 4.39 Å². The third-order valence-corrected chi connectivity index (χ3v) is 9.92. The third-order valence-electron chi connectivity index (χ3n) is 5.42. The van der Waals surface area contributed by atoms with Gasteiger partial charge in [0.15, 0.2) is 14.1 Å². The second kappa shape index (κ2) is 7.51. The fourth-order valence-electron chi connectivity index (χ4n) is 2.64. The van der Waals surface area contributed by atoms with Gasteiger partial charge in [0, 0.05) is 25.6 Å². The molecule has 0 radical (unpaired) electrons. The van der Waals surface area contributed by atoms with E-state index in [4.69, 9.17) is 10.2 Å². The SMILES string of the molecule is CC(C)(C)[Si](C)(C)OCC1CCN(c2ccc(C(=O)CN)c(F)n2)C1. The Bertz CT molecular complexity index is 631. The summed E-state index contributed by atoms with van der Waals surface area (Å²) < 4.78 is 20.4. The third kappa shape index (κ3) is 4.65. The van der Waals surface area contributed by atoms with Crippen LogP contribution in [0, 0.1) is 11.9 Å². The number of carbonyl (C=O) groups is 1. The zero-order chi connectivity index (χ0) is 18.8. The number of Topliss-reactive ketones (excluding diaryl/α,β-unsaturated/α-hetero) is 1. The smallest absolute Gasteiger partial charge is 0.225 e. The summed E-state index contributed by atoms with van der Waals surface area (Å²) in [5.74, 6) is -0.183. The van der Waals surface area contributed by atoms with E-state index in [9.17, 15) is 9.18 Å². The maximum atomic E-state index is 14.0. The summed E-state index contributed by atoms with van der Waals surface area (Å²) in [7, 11) is -1.75. The zero-order valence-corrected chi connectivity index (χ0v) is 16.9. The normalized spacial score (nSPS) is 18.7. The van der Waals surface area contributed by atoms with E-state index in [1.54, 1.807) is 6.07 Å². The molecule has 1 aromatic heterocycles. The lowest BCUT2D eigenvalue weighted by molar-refractivity contribution is 0.0996. The molecule has 7 heteroatoms. The molecule has 1 fully saturated rings. The molecule has 1 aliphatic heterocycles. The van der Waals surface area contributed by atoms with Crippen LogP contribution in [0.25, 0.3) is 0 Å². The Balaban J connectivity index is 1.97. The molecule has 5 nitrogen and oxygen atoms in total. The monoisotopic (exact) mass is 367 g/mol. The molecule has 25 heavy (non-hydrogen) atoms. The van der Waals surface area contributed by atoms with Crippen molar-refractivity contribution in [3.05, 3.63) is 23.6 Å². The van der Waals surface area contributed by atoms with Crippen molar-refractivity contribution in [3.8, 4) is 0 Å². The van der Waals surface area contributed by atoms with E-state index in [-0.39, 0.29) is 17.1 Å². The molecule has 0 aliphatic carbocycles. The van der Waals surface area contributed by atoms with Crippen LogP contribution >= 0.6 is 0 Å². The van der Waals surface area contributed by atoms with E-state index in [0.717, 1.165) is 26.1 Å². The second-order valence-corrected chi connectivity index (χ2v) is 13.1. The molecular formula is C18H30FN3O2Si. The summed E-state index contributed by atoms with van der Waals surface area (Å²) in [6.07, 6.45) is 1.00. The Labute approximate surface area is 150 Å². The highest BCUT2D eigenvalue weighted by Crippen LogP contribution is 2.37. The number of aromatic nitrogens is 1. The average Bonchev–Trinajstić information content (AvgIpc) is 3.00. The van der Waals surface area contributed by atoms with Crippen molar-refractivity contribution >= 4 is 19.9 Å². The van der Waals surface area contributed by atoms with Crippen molar-refractivity contribution in [1.29, 1.82) is 0 Å². The Morgan fingerprint density at radius 3 is 2.68 bits per heavy atom. The van der Waals surface area contributed by atoms with Crippen LogP contribution < -0.4 is 10.6 Å². The molecule has 0 aromatic carbocycles. The van der Waals surface area contributed by atoms with E-state index in [2.05, 4.69) is 43.7 Å². The Morgan fingerprint density at radius 1 is 1.44 bits per heavy atom. The van der Waals surface area contributed by atoms with Gasteiger partial charge in [-0.15, -0.1) is 0 Å². The molecule has 0 bridgehead atoms. The topological polar surface area (TPSA) is 68.5 Å². The molecule has 2 heterocycles. The number of hydrogen-bond donors (Lipinski definition) is 1. The van der Waals surface area contributed by atoms with E-state index in [1.165, 1.54) is 6.07 Å². The quantitative estimate of drug-likeness (QED) is 0.475. The number of carbonyl (C=O) groups excluding carboxylic acids is 1. The molecule has 140 valence electrons. The first-order valence-corrected chi connectivity index (χ1v) is 11.7. The minimum atomic E-state index is -1.75. The maximum Gasteiger partial charge on any atom is 0.225 e. The summed E-state index contributed by atoms with van der Waals surface area (Å²) in [6, 6.07) is 3.18. The van der Waals surface area contributed by atoms with Crippen LogP contribution in [0.3, 0.4) is 0 Å². The maximum absolute atomic E-state index is 14.0. The predicted molar refractivity (Wildman–Crippen MR) is 101 cm³/mol. The molecule has 1 atom stereocenters. The van der Waals surface area contributed by atoms with Gasteiger partial charge in [-0.25, -0.2) is 4.98 Å². The molecule has 1 unspecified atom stereocenters. The Kier molecular flexibility index (Phi) is 6.01. The lowest BCUT2D eigenvalue weighted by Gasteiger charge is -2.37. The lowest BCUT2D eigenvalue weighted by Crippen LogP contribution is -2.42. The van der Waals surface area contributed by atoms with Crippen molar-refractivity contribution in [1.82, 2.24) is 4.98 Å². The van der Waals surface area contributed by atoms with Gasteiger partial charge < -0.3 is 15.1 Å². The molecular weight excluding hydrogens is 337 g/mol. The van der Waals surface area contributed by atoms with E-state index < -0.39 is 20.0 Å². The molecule has 0 saturated carbocycles. The number of hydrogen-bond acceptors (Lipinski definition) is 5. The number of halogens is 1. The fourth-order valence-corrected chi connectivity index (χ4v) is 3.72. The number of nitrogens with two attached hydrogens (primary N) is 1. The van der Waals surface area contributed by atoms with Crippen LogP contribution in [0.5, 0.6) is 0 Å². The van der Waals surface area contributed by atoms with Crippen LogP contribution in [0.2, 0.25) is 18.1 Å². The van der Waals surface area contributed by atoms with E-state index in [1.807, 2.05) is 0 Å². The molecule has 2 N–H and O–H groups in total. The predicted octanol–water partition coefficient (Wildman–Crippen LogP) is 3.21. The number of rotatable bonds is 6. The molecule has 1 aliphatic rings. The molecule has 0 amide bonds. The standard InChI is InChI=1S/C18H30FN3O2Si/c1-18(2,3)25(4,5)24-12-13-8-9-22(11-13)16-7-6-14(15(23)10-20)17(19)21-16/h6-7,13H,8-12,20H2,1-5H3. The highest BCUT2D eigenvalue weighted by molar-refractivity contribution is 6.74. The highest BCUT2D eigenvalue weighted by Gasteiger charge is 2.38. The van der Waals surface area contributed by atoms with Crippen LogP contribution in [-0.4, -0.2) is 45.3 Å². The van der Waals surface area contributed by atoms with Crippen molar-refractivity contribution in [3.63, 3.8) is 0 Å². The van der Waals surface area contributed by atoms with Crippen molar-refractivity contribution in [2.24, 2.45) is 11.7 Å². The summed E-state index contributed by atoms with van der Waals surface area (Å²) >= 11 is 0. The Hall–Kier alpha value is -1.31. The van der Waals surface area contributed by atoms with Gasteiger partial charge >= 0.3 is 0 Å². The number of ketones is 1. The fraction of sp³-hybridized carbons (Fsp3) is 0.667. The van der Waals surface area contributed by atoms with Gasteiger partial charge in [0.25, 0.3) is 0 Å². The largest absolute Gasteiger partial charge is 0.416 e. The number of nitrogens with zero attached hydrogens (tertiary/aromatic N) is 2. The second-order valence-electron chi connectivity index (χ2n) is 8.31. The van der Waals surface area contributed by atoms with Gasteiger partial charge in [0.05, 0.1) is 12.1 Å². The van der Waals surface area contributed by atoms with E-state index in [0.29, 0.717) is 11.7 Å². The minimum Gasteiger partial charge on any atom is -0.416 e. The van der Waals surface area contributed by atoms with Gasteiger partial charge in [-0.3, -0.25) is 4.79 Å². The molecule has 1 aromatic rings. The van der Waals surface area contributed by atoms with Crippen molar-refractivity contribution < 1.29 is 13.6 Å². The Morgan fingerprint density at radius 2 is 2.12 bits per heavy atom. The molecule has 2 rings (SSSR count). The first-order valence-electron chi connectivity index (χ1n) is 8.84. The van der Waals surface area contributed by atoms with Crippen molar-refractivity contribution in [2.45, 2.75) is 45.3 Å². The zero-order valence-electron chi connectivity index (χ0n) is 15.9. The summed E-state index contributed by atoms with van der Waals surface area (Å²) in [5.41, 5.74) is 5.25.